The van der Waals surface area contributed by atoms with Crippen LogP contribution in [-0.2, 0) is 19.9 Å². The van der Waals surface area contributed by atoms with Crippen molar-refractivity contribution in [3.05, 3.63) is 53.9 Å². The Kier molecular flexibility index (Phi) is 5.18. The van der Waals surface area contributed by atoms with Gasteiger partial charge < -0.3 is 15.0 Å². The molecular formula is C20H21N5O3. The summed E-state index contributed by atoms with van der Waals surface area (Å²) in [5, 5.41) is 16.6. The van der Waals surface area contributed by atoms with Gasteiger partial charge in [0.05, 0.1) is 24.9 Å². The van der Waals surface area contributed by atoms with Gasteiger partial charge in [0.1, 0.15) is 17.5 Å². The zero-order valence-corrected chi connectivity index (χ0v) is 16.0. The molecule has 8 nitrogen and oxygen atoms in total. The highest BCUT2D eigenvalue weighted by molar-refractivity contribution is 6.04. The fourth-order valence-corrected chi connectivity index (χ4v) is 3.41. The average Bonchev–Trinajstić information content (AvgIpc) is 3.12. The molecule has 28 heavy (non-hydrogen) atoms. The standard InChI is InChI=1S/C20H21N5O3/c1-4-28-19(27)20(13-24(3)16-8-6-5-7-9-16)17(14(2)26)12-22-18-15(10-21)11-23-25(18)20/h5-9,11-12,22H,4,13H2,1-3H3/t20-/m0/s1. The molecule has 1 aliphatic rings. The maximum atomic E-state index is 13.2. The molecule has 1 aromatic heterocycles. The van der Waals surface area contributed by atoms with Crippen LogP contribution in [0.15, 0.2) is 48.3 Å². The van der Waals surface area contributed by atoms with Gasteiger partial charge in [-0.1, -0.05) is 18.2 Å². The molecule has 1 atom stereocenters. The van der Waals surface area contributed by atoms with Gasteiger partial charge in [0.25, 0.3) is 0 Å². The Morgan fingerprint density at radius 3 is 2.68 bits per heavy atom. The molecule has 0 spiro atoms. The lowest BCUT2D eigenvalue weighted by atomic mass is 9.85. The molecule has 2 aromatic rings. The van der Waals surface area contributed by atoms with Gasteiger partial charge in [-0.25, -0.2) is 9.48 Å². The molecule has 1 N–H and O–H groups in total. The number of rotatable bonds is 6. The number of nitrogens with zero attached hydrogens (tertiary/aromatic N) is 4. The summed E-state index contributed by atoms with van der Waals surface area (Å²) in [5.74, 6) is -0.543. The summed E-state index contributed by atoms with van der Waals surface area (Å²) in [6.07, 6.45) is 2.84. The highest BCUT2D eigenvalue weighted by Gasteiger charge is 2.52. The van der Waals surface area contributed by atoms with Crippen molar-refractivity contribution >= 4 is 23.3 Å². The Balaban J connectivity index is 2.20. The van der Waals surface area contributed by atoms with Gasteiger partial charge in [0.2, 0.25) is 5.54 Å². The van der Waals surface area contributed by atoms with Crippen LogP contribution in [0.25, 0.3) is 0 Å². The summed E-state index contributed by atoms with van der Waals surface area (Å²) in [6.45, 7) is 3.34. The molecule has 0 saturated carbocycles. The van der Waals surface area contributed by atoms with E-state index >= 15 is 0 Å². The van der Waals surface area contributed by atoms with Crippen LogP contribution in [0.1, 0.15) is 19.4 Å². The predicted molar refractivity (Wildman–Crippen MR) is 104 cm³/mol. The van der Waals surface area contributed by atoms with E-state index in [4.69, 9.17) is 4.74 Å². The first-order chi connectivity index (χ1) is 13.5. The number of ketones is 1. The third-order valence-electron chi connectivity index (χ3n) is 4.71. The molecule has 0 bridgehead atoms. The van der Waals surface area contributed by atoms with Crippen LogP contribution < -0.4 is 10.2 Å². The quantitative estimate of drug-likeness (QED) is 0.767. The summed E-state index contributed by atoms with van der Waals surface area (Å²) in [7, 11) is 1.82. The summed E-state index contributed by atoms with van der Waals surface area (Å²) in [4.78, 5) is 27.6. The highest BCUT2D eigenvalue weighted by Crippen LogP contribution is 2.37. The van der Waals surface area contributed by atoms with Crippen LogP contribution in [0, 0.1) is 11.3 Å². The number of carbonyl (C=O) groups excluding carboxylic acids is 2. The van der Waals surface area contributed by atoms with Crippen LogP contribution in [0.4, 0.5) is 11.5 Å². The van der Waals surface area contributed by atoms with E-state index in [0.717, 1.165) is 5.69 Å². The van der Waals surface area contributed by atoms with Crippen LogP contribution in [0.3, 0.4) is 0 Å². The van der Waals surface area contributed by atoms with E-state index in [2.05, 4.69) is 10.4 Å². The molecule has 144 valence electrons. The largest absolute Gasteiger partial charge is 0.464 e. The number of hydrogen-bond donors (Lipinski definition) is 1. The number of benzene rings is 1. The first-order valence-corrected chi connectivity index (χ1v) is 8.85. The van der Waals surface area contributed by atoms with E-state index in [0.29, 0.717) is 5.82 Å². The number of likely N-dealkylation sites (N-methyl/N-ethyl adjacent to an activating group) is 1. The molecular weight excluding hydrogens is 358 g/mol. The molecule has 0 radical (unpaired) electrons. The summed E-state index contributed by atoms with van der Waals surface area (Å²) in [5.41, 5.74) is -0.173. The smallest absolute Gasteiger partial charge is 0.340 e. The third kappa shape index (κ3) is 3.01. The molecule has 1 aromatic carbocycles. The maximum absolute atomic E-state index is 13.2. The van der Waals surface area contributed by atoms with Gasteiger partial charge in [-0.2, -0.15) is 10.4 Å². The Bertz CT molecular complexity index is 973. The Labute approximate surface area is 163 Å². The summed E-state index contributed by atoms with van der Waals surface area (Å²) >= 11 is 0. The van der Waals surface area contributed by atoms with E-state index in [1.54, 1.807) is 6.92 Å². The monoisotopic (exact) mass is 379 g/mol. The van der Waals surface area contributed by atoms with Crippen molar-refractivity contribution in [2.45, 2.75) is 19.4 Å². The second kappa shape index (κ2) is 7.56. The van der Waals surface area contributed by atoms with E-state index in [1.165, 1.54) is 24.0 Å². The second-order valence-corrected chi connectivity index (χ2v) is 6.46. The van der Waals surface area contributed by atoms with Crippen LogP contribution >= 0.6 is 0 Å². The molecule has 0 amide bonds. The van der Waals surface area contributed by atoms with Gasteiger partial charge in [0.15, 0.2) is 5.78 Å². The Morgan fingerprint density at radius 1 is 1.36 bits per heavy atom. The lowest BCUT2D eigenvalue weighted by molar-refractivity contribution is -0.152. The number of esters is 1. The van der Waals surface area contributed by atoms with Gasteiger partial charge in [-0.3, -0.25) is 4.79 Å². The number of hydrogen-bond acceptors (Lipinski definition) is 7. The van der Waals surface area contributed by atoms with Gasteiger partial charge >= 0.3 is 5.97 Å². The van der Waals surface area contributed by atoms with Crippen molar-refractivity contribution in [2.24, 2.45) is 0 Å². The molecule has 2 heterocycles. The number of para-hydroxylation sites is 1. The van der Waals surface area contributed by atoms with Gasteiger partial charge in [-0.05, 0) is 26.0 Å². The number of carbonyl (C=O) groups is 2. The minimum atomic E-state index is -1.53. The lowest BCUT2D eigenvalue weighted by Crippen LogP contribution is -2.56. The maximum Gasteiger partial charge on any atom is 0.340 e. The van der Waals surface area contributed by atoms with E-state index in [9.17, 15) is 14.9 Å². The van der Waals surface area contributed by atoms with Crippen molar-refractivity contribution in [1.82, 2.24) is 9.78 Å². The number of aromatic nitrogens is 2. The topological polar surface area (TPSA) is 100 Å². The zero-order chi connectivity index (χ0) is 20.3. The van der Waals surface area contributed by atoms with E-state index in [-0.39, 0.29) is 30.1 Å². The summed E-state index contributed by atoms with van der Waals surface area (Å²) < 4.78 is 6.76. The van der Waals surface area contributed by atoms with Crippen LogP contribution in [-0.4, -0.2) is 41.7 Å². The molecule has 1 aliphatic heterocycles. The third-order valence-corrected chi connectivity index (χ3v) is 4.71. The molecule has 8 heteroatoms. The van der Waals surface area contributed by atoms with Crippen LogP contribution in [0.2, 0.25) is 0 Å². The second-order valence-electron chi connectivity index (χ2n) is 6.46. The Hall–Kier alpha value is -3.60. The van der Waals surface area contributed by atoms with Crippen molar-refractivity contribution in [3.8, 4) is 6.07 Å². The van der Waals surface area contributed by atoms with Crippen molar-refractivity contribution in [1.29, 1.82) is 5.26 Å². The average molecular weight is 379 g/mol. The van der Waals surface area contributed by atoms with Gasteiger partial charge in [0, 0.05) is 18.9 Å². The van der Waals surface area contributed by atoms with Crippen molar-refractivity contribution in [2.75, 3.05) is 30.4 Å². The fraction of sp³-hybridized carbons (Fsp3) is 0.300. The number of anilines is 2. The minimum absolute atomic E-state index is 0.0997. The fourth-order valence-electron chi connectivity index (χ4n) is 3.41. The number of Topliss-reactive ketones (excluding diaryl/α,β-unsaturated/α-hetero) is 1. The Morgan fingerprint density at radius 2 is 2.07 bits per heavy atom. The van der Waals surface area contributed by atoms with Gasteiger partial charge in [-0.15, -0.1) is 0 Å². The number of nitrogens with one attached hydrogen (secondary N) is 1. The van der Waals surface area contributed by atoms with Crippen molar-refractivity contribution < 1.29 is 14.3 Å². The first-order valence-electron chi connectivity index (χ1n) is 8.85. The minimum Gasteiger partial charge on any atom is -0.464 e. The zero-order valence-electron chi connectivity index (χ0n) is 16.0. The first kappa shape index (κ1) is 19.2. The van der Waals surface area contributed by atoms with E-state index in [1.807, 2.05) is 48.3 Å². The van der Waals surface area contributed by atoms with Crippen LogP contribution in [0.5, 0.6) is 0 Å². The molecule has 0 aliphatic carbocycles. The van der Waals surface area contributed by atoms with E-state index < -0.39 is 11.5 Å². The highest BCUT2D eigenvalue weighted by atomic mass is 16.5. The SMILES string of the molecule is CCOC(=O)[C@]1(CN(C)c2ccccc2)C(C(C)=O)=CNc2c(C#N)cnn21. The molecule has 0 fully saturated rings. The molecule has 3 rings (SSSR count). The molecule has 0 unspecified atom stereocenters. The number of ether oxygens (including phenoxy) is 1. The molecule has 0 saturated heterocycles. The lowest BCUT2D eigenvalue weighted by Gasteiger charge is -2.39. The predicted octanol–water partition coefficient (Wildman–Crippen LogP) is 2.05. The number of fused-ring (bicyclic) bond motifs is 1. The normalized spacial score (nSPS) is 17.6. The van der Waals surface area contributed by atoms with Crippen molar-refractivity contribution in [3.63, 3.8) is 0 Å². The number of nitriles is 1. The summed E-state index contributed by atoms with van der Waals surface area (Å²) in [6, 6.07) is 11.5.